The van der Waals surface area contributed by atoms with Crippen LogP contribution in [0.25, 0.3) is 0 Å². The molecule has 2 amide bonds. The topological polar surface area (TPSA) is 83.6 Å². The summed E-state index contributed by atoms with van der Waals surface area (Å²) in [5, 5.41) is 9.91. The molecule has 5 nitrogen and oxygen atoms in total. The molecule has 0 radical (unpaired) electrons. The molecule has 0 aromatic rings. The molecule has 94 valence electrons. The van der Waals surface area contributed by atoms with Crippen molar-refractivity contribution in [2.45, 2.75) is 52.0 Å². The Bertz CT molecular complexity index is 221. The van der Waals surface area contributed by atoms with E-state index in [0.717, 1.165) is 19.3 Å². The van der Waals surface area contributed by atoms with Crippen LogP contribution in [0.3, 0.4) is 0 Å². The number of nitrogens with zero attached hydrogens (tertiary/aromatic N) is 1. The van der Waals surface area contributed by atoms with Crippen molar-refractivity contribution >= 4 is 12.3 Å². The number of carbonyl (C=O) groups is 2. The molecule has 0 aromatic carbocycles. The second-order valence-corrected chi connectivity index (χ2v) is 3.97. The first-order valence-electron chi connectivity index (χ1n) is 5.80. The van der Waals surface area contributed by atoms with Gasteiger partial charge in [0.05, 0.1) is 12.0 Å². The lowest BCUT2D eigenvalue weighted by Crippen LogP contribution is -2.43. The summed E-state index contributed by atoms with van der Waals surface area (Å²) in [5.74, 6) is -0.921. The van der Waals surface area contributed by atoms with E-state index in [0.29, 0.717) is 24.3 Å². The molecular weight excluding hydrogens is 208 g/mol. The highest BCUT2D eigenvalue weighted by molar-refractivity contribution is 5.77. The molecule has 3 N–H and O–H groups in total. The van der Waals surface area contributed by atoms with Crippen LogP contribution in [-0.4, -0.2) is 28.6 Å². The third-order valence-electron chi connectivity index (χ3n) is 2.81. The summed E-state index contributed by atoms with van der Waals surface area (Å²) in [4.78, 5) is 21.8. The van der Waals surface area contributed by atoms with Crippen molar-refractivity contribution in [3.05, 3.63) is 0 Å². The van der Waals surface area contributed by atoms with Gasteiger partial charge in [0.2, 0.25) is 12.3 Å². The standard InChI is InChI=1S/C11H22N2O3/c1-3-5-6-7-9(11(12)15)10(4-2)13(16)8-14/h8-10,16H,3-7H2,1-2H3,(H2,12,15)/t9?,10-/m1/s1. The van der Waals surface area contributed by atoms with E-state index < -0.39 is 17.9 Å². The average Bonchev–Trinajstić information content (AvgIpc) is 2.27. The summed E-state index contributed by atoms with van der Waals surface area (Å²) >= 11 is 0. The first-order chi connectivity index (χ1) is 7.58. The molecule has 16 heavy (non-hydrogen) atoms. The van der Waals surface area contributed by atoms with Gasteiger partial charge in [-0.3, -0.25) is 14.8 Å². The summed E-state index contributed by atoms with van der Waals surface area (Å²) in [5.41, 5.74) is 5.30. The van der Waals surface area contributed by atoms with Crippen LogP contribution in [-0.2, 0) is 9.59 Å². The Hall–Kier alpha value is -1.10. The highest BCUT2D eigenvalue weighted by Gasteiger charge is 2.28. The molecule has 0 aromatic heterocycles. The van der Waals surface area contributed by atoms with Crippen LogP contribution in [0.15, 0.2) is 0 Å². The second-order valence-electron chi connectivity index (χ2n) is 3.97. The number of hydrogen-bond donors (Lipinski definition) is 2. The lowest BCUT2D eigenvalue weighted by Gasteiger charge is -2.27. The van der Waals surface area contributed by atoms with Gasteiger partial charge in [0.15, 0.2) is 0 Å². The zero-order chi connectivity index (χ0) is 12.6. The maximum atomic E-state index is 11.3. The van der Waals surface area contributed by atoms with Crippen molar-refractivity contribution in [1.82, 2.24) is 5.06 Å². The molecule has 0 aliphatic heterocycles. The fourth-order valence-electron chi connectivity index (χ4n) is 1.87. The Morgan fingerprint density at radius 1 is 1.44 bits per heavy atom. The SMILES string of the molecule is CCCCCC(C(N)=O)[C@@H](CC)N(O)C=O. The van der Waals surface area contributed by atoms with Crippen LogP contribution in [0, 0.1) is 5.92 Å². The molecule has 0 rings (SSSR count). The number of unbranched alkanes of at least 4 members (excludes halogenated alkanes) is 2. The van der Waals surface area contributed by atoms with E-state index in [1.807, 2.05) is 6.92 Å². The van der Waals surface area contributed by atoms with E-state index >= 15 is 0 Å². The lowest BCUT2D eigenvalue weighted by molar-refractivity contribution is -0.168. The number of nitrogens with two attached hydrogens (primary N) is 1. The van der Waals surface area contributed by atoms with Crippen LogP contribution in [0.5, 0.6) is 0 Å². The van der Waals surface area contributed by atoms with E-state index in [1.54, 1.807) is 0 Å². The number of primary amides is 1. The van der Waals surface area contributed by atoms with Crippen molar-refractivity contribution in [2.24, 2.45) is 11.7 Å². The third-order valence-corrected chi connectivity index (χ3v) is 2.81. The molecule has 0 heterocycles. The van der Waals surface area contributed by atoms with E-state index in [2.05, 4.69) is 6.92 Å². The predicted octanol–water partition coefficient (Wildman–Crippen LogP) is 1.29. The molecule has 1 unspecified atom stereocenters. The van der Waals surface area contributed by atoms with E-state index in [-0.39, 0.29) is 0 Å². The Kier molecular flexibility index (Phi) is 7.54. The first-order valence-corrected chi connectivity index (χ1v) is 5.80. The third kappa shape index (κ3) is 4.61. The first kappa shape index (κ1) is 14.9. The maximum absolute atomic E-state index is 11.3. The van der Waals surface area contributed by atoms with E-state index in [9.17, 15) is 14.8 Å². The molecule has 0 saturated carbocycles. The smallest absolute Gasteiger partial charge is 0.233 e. The number of hydroxylamine groups is 2. The fraction of sp³-hybridized carbons (Fsp3) is 0.818. The van der Waals surface area contributed by atoms with Crippen molar-refractivity contribution in [2.75, 3.05) is 0 Å². The van der Waals surface area contributed by atoms with Gasteiger partial charge in [0, 0.05) is 0 Å². The maximum Gasteiger partial charge on any atom is 0.233 e. The van der Waals surface area contributed by atoms with E-state index in [1.165, 1.54) is 0 Å². The number of amides is 2. The quantitative estimate of drug-likeness (QED) is 0.271. The average molecular weight is 230 g/mol. The molecule has 0 fully saturated rings. The van der Waals surface area contributed by atoms with Gasteiger partial charge in [0.25, 0.3) is 0 Å². The monoisotopic (exact) mass is 230 g/mol. The molecule has 0 bridgehead atoms. The Labute approximate surface area is 96.6 Å². The molecule has 0 aliphatic rings. The van der Waals surface area contributed by atoms with Gasteiger partial charge in [-0.25, -0.2) is 5.06 Å². The Balaban J connectivity index is 4.46. The summed E-state index contributed by atoms with van der Waals surface area (Å²) in [6.45, 7) is 3.88. The van der Waals surface area contributed by atoms with Gasteiger partial charge in [-0.1, -0.05) is 33.1 Å². The van der Waals surface area contributed by atoms with Crippen LogP contribution in [0.1, 0.15) is 46.0 Å². The molecule has 0 spiro atoms. The molecule has 0 saturated heterocycles. The van der Waals surface area contributed by atoms with Gasteiger partial charge in [0.1, 0.15) is 0 Å². The van der Waals surface area contributed by atoms with Gasteiger partial charge in [-0.2, -0.15) is 0 Å². The van der Waals surface area contributed by atoms with Crippen LogP contribution in [0.4, 0.5) is 0 Å². The van der Waals surface area contributed by atoms with Crippen molar-refractivity contribution in [3.8, 4) is 0 Å². The fourth-order valence-corrected chi connectivity index (χ4v) is 1.87. The normalized spacial score (nSPS) is 14.2. The number of carbonyl (C=O) groups excluding carboxylic acids is 2. The van der Waals surface area contributed by atoms with E-state index in [4.69, 9.17) is 5.73 Å². The minimum absolute atomic E-state index is 0.323. The summed E-state index contributed by atoms with van der Waals surface area (Å²) in [7, 11) is 0. The van der Waals surface area contributed by atoms with Gasteiger partial charge < -0.3 is 5.73 Å². The van der Waals surface area contributed by atoms with Crippen molar-refractivity contribution in [3.63, 3.8) is 0 Å². The largest absolute Gasteiger partial charge is 0.369 e. The van der Waals surface area contributed by atoms with Crippen molar-refractivity contribution in [1.29, 1.82) is 0 Å². The summed E-state index contributed by atoms with van der Waals surface area (Å²) in [6.07, 6.45) is 4.41. The Morgan fingerprint density at radius 3 is 2.44 bits per heavy atom. The number of hydrogen-bond acceptors (Lipinski definition) is 3. The Morgan fingerprint density at radius 2 is 2.06 bits per heavy atom. The predicted molar refractivity (Wildman–Crippen MR) is 60.6 cm³/mol. The van der Waals surface area contributed by atoms with Gasteiger partial charge in [-0.15, -0.1) is 0 Å². The summed E-state index contributed by atoms with van der Waals surface area (Å²) < 4.78 is 0. The second kappa shape index (κ2) is 8.10. The molecule has 5 heteroatoms. The highest BCUT2D eigenvalue weighted by atomic mass is 16.5. The lowest BCUT2D eigenvalue weighted by atomic mass is 9.91. The molecular formula is C11H22N2O3. The highest BCUT2D eigenvalue weighted by Crippen LogP contribution is 2.19. The minimum Gasteiger partial charge on any atom is -0.369 e. The van der Waals surface area contributed by atoms with Crippen LogP contribution >= 0.6 is 0 Å². The van der Waals surface area contributed by atoms with Gasteiger partial charge >= 0.3 is 0 Å². The van der Waals surface area contributed by atoms with Crippen LogP contribution in [0.2, 0.25) is 0 Å². The zero-order valence-corrected chi connectivity index (χ0v) is 10.1. The summed E-state index contributed by atoms with van der Waals surface area (Å²) in [6, 6.07) is -0.508. The molecule has 0 aliphatic carbocycles. The van der Waals surface area contributed by atoms with Crippen molar-refractivity contribution < 1.29 is 14.8 Å². The zero-order valence-electron chi connectivity index (χ0n) is 10.1. The van der Waals surface area contributed by atoms with Gasteiger partial charge in [-0.05, 0) is 12.8 Å². The minimum atomic E-state index is -0.508. The van der Waals surface area contributed by atoms with Crippen LogP contribution < -0.4 is 5.73 Å². The number of rotatable bonds is 9. The molecule has 2 atom stereocenters.